The molecule has 0 fully saturated rings. The third-order valence-electron chi connectivity index (χ3n) is 3.27. The number of carbonyl (C=O) groups excluding carboxylic acids is 1. The van der Waals surface area contributed by atoms with Gasteiger partial charge < -0.3 is 15.4 Å². The standard InChI is InChI=1S/C17H28N2O2/c1-4-5-6-11-18-17(20)19-12-13-21-16-9-7-15(8-10-16)14(2)3/h7-10,14H,4-6,11-13H2,1-3H3,(H2,18,19,20). The molecule has 0 saturated heterocycles. The molecule has 0 aliphatic carbocycles. The van der Waals surface area contributed by atoms with Crippen LogP contribution in [-0.4, -0.2) is 25.7 Å². The van der Waals surface area contributed by atoms with Crippen LogP contribution in [-0.2, 0) is 0 Å². The fraction of sp³-hybridized carbons (Fsp3) is 0.588. The van der Waals surface area contributed by atoms with E-state index in [4.69, 9.17) is 4.74 Å². The topological polar surface area (TPSA) is 50.4 Å². The Morgan fingerprint density at radius 3 is 2.38 bits per heavy atom. The van der Waals surface area contributed by atoms with E-state index in [0.717, 1.165) is 31.6 Å². The zero-order valence-corrected chi connectivity index (χ0v) is 13.4. The van der Waals surface area contributed by atoms with Crippen LogP contribution in [0.4, 0.5) is 4.79 Å². The molecule has 0 heterocycles. The molecule has 2 N–H and O–H groups in total. The Bertz CT molecular complexity index is 402. The minimum atomic E-state index is -0.121. The first-order valence-corrected chi connectivity index (χ1v) is 7.88. The molecule has 0 saturated carbocycles. The largest absolute Gasteiger partial charge is 0.492 e. The normalized spacial score (nSPS) is 10.5. The van der Waals surface area contributed by atoms with Gasteiger partial charge in [0.15, 0.2) is 0 Å². The Morgan fingerprint density at radius 2 is 1.76 bits per heavy atom. The van der Waals surface area contributed by atoms with Crippen LogP contribution in [0.25, 0.3) is 0 Å². The number of carbonyl (C=O) groups is 1. The molecule has 4 nitrogen and oxygen atoms in total. The number of nitrogens with one attached hydrogen (secondary N) is 2. The van der Waals surface area contributed by atoms with Gasteiger partial charge in [-0.2, -0.15) is 0 Å². The molecule has 0 bridgehead atoms. The second-order valence-electron chi connectivity index (χ2n) is 5.46. The molecule has 0 atom stereocenters. The average Bonchev–Trinajstić information content (AvgIpc) is 2.48. The lowest BCUT2D eigenvalue weighted by atomic mass is 10.0. The molecule has 0 aromatic heterocycles. The molecule has 1 aromatic carbocycles. The number of urea groups is 1. The first kappa shape index (κ1) is 17.3. The van der Waals surface area contributed by atoms with Crippen molar-refractivity contribution in [2.24, 2.45) is 0 Å². The van der Waals surface area contributed by atoms with Gasteiger partial charge in [0.2, 0.25) is 0 Å². The lowest BCUT2D eigenvalue weighted by Gasteiger charge is -2.10. The molecule has 0 aliphatic heterocycles. The van der Waals surface area contributed by atoms with E-state index in [9.17, 15) is 4.79 Å². The van der Waals surface area contributed by atoms with Crippen LogP contribution in [0.15, 0.2) is 24.3 Å². The Morgan fingerprint density at radius 1 is 1.10 bits per heavy atom. The van der Waals surface area contributed by atoms with Gasteiger partial charge in [-0.3, -0.25) is 0 Å². The van der Waals surface area contributed by atoms with Gasteiger partial charge in [0.1, 0.15) is 12.4 Å². The number of rotatable bonds is 9. The predicted molar refractivity (Wildman–Crippen MR) is 87.0 cm³/mol. The van der Waals surface area contributed by atoms with E-state index >= 15 is 0 Å². The molecule has 4 heteroatoms. The van der Waals surface area contributed by atoms with Crippen LogP contribution < -0.4 is 15.4 Å². The maximum absolute atomic E-state index is 11.5. The number of hydrogen-bond donors (Lipinski definition) is 2. The van der Waals surface area contributed by atoms with Crippen molar-refractivity contribution in [3.8, 4) is 5.75 Å². The van der Waals surface area contributed by atoms with Crippen molar-refractivity contribution in [1.29, 1.82) is 0 Å². The highest BCUT2D eigenvalue weighted by Crippen LogP contribution is 2.18. The summed E-state index contributed by atoms with van der Waals surface area (Å²) < 4.78 is 5.59. The minimum absolute atomic E-state index is 0.121. The van der Waals surface area contributed by atoms with Gasteiger partial charge in [-0.05, 0) is 30.0 Å². The summed E-state index contributed by atoms with van der Waals surface area (Å²) in [6.45, 7) is 8.19. The summed E-state index contributed by atoms with van der Waals surface area (Å²) in [5.41, 5.74) is 1.30. The number of ether oxygens (including phenoxy) is 1. The van der Waals surface area contributed by atoms with Crippen molar-refractivity contribution in [2.75, 3.05) is 19.7 Å². The van der Waals surface area contributed by atoms with Crippen LogP contribution in [0.3, 0.4) is 0 Å². The van der Waals surface area contributed by atoms with E-state index in [2.05, 4.69) is 43.5 Å². The van der Waals surface area contributed by atoms with E-state index in [0.29, 0.717) is 19.1 Å². The number of hydrogen-bond acceptors (Lipinski definition) is 2. The molecule has 1 rings (SSSR count). The van der Waals surface area contributed by atoms with Crippen molar-refractivity contribution >= 4 is 6.03 Å². The summed E-state index contributed by atoms with van der Waals surface area (Å²) in [5.74, 6) is 1.36. The van der Waals surface area contributed by atoms with Gasteiger partial charge in [0.05, 0.1) is 6.54 Å². The average molecular weight is 292 g/mol. The van der Waals surface area contributed by atoms with Gasteiger partial charge in [-0.25, -0.2) is 4.79 Å². The predicted octanol–water partition coefficient (Wildman–Crippen LogP) is 3.68. The summed E-state index contributed by atoms with van der Waals surface area (Å²) in [4.78, 5) is 11.5. The highest BCUT2D eigenvalue weighted by atomic mass is 16.5. The second-order valence-corrected chi connectivity index (χ2v) is 5.46. The number of amides is 2. The van der Waals surface area contributed by atoms with Crippen LogP contribution in [0.2, 0.25) is 0 Å². The SMILES string of the molecule is CCCCCNC(=O)NCCOc1ccc(C(C)C)cc1. The molecule has 0 unspecified atom stereocenters. The molecule has 1 aromatic rings. The van der Waals surface area contributed by atoms with Gasteiger partial charge in [-0.1, -0.05) is 45.7 Å². The highest BCUT2D eigenvalue weighted by Gasteiger charge is 2.01. The molecule has 118 valence electrons. The van der Waals surface area contributed by atoms with Crippen molar-refractivity contribution in [3.05, 3.63) is 29.8 Å². The van der Waals surface area contributed by atoms with Gasteiger partial charge >= 0.3 is 6.03 Å². The highest BCUT2D eigenvalue weighted by molar-refractivity contribution is 5.73. The fourth-order valence-electron chi connectivity index (χ4n) is 1.92. The maximum atomic E-state index is 11.5. The van der Waals surface area contributed by atoms with Crippen molar-refractivity contribution in [3.63, 3.8) is 0 Å². The molecule has 0 radical (unpaired) electrons. The number of unbranched alkanes of at least 4 members (excludes halogenated alkanes) is 2. The molecule has 0 spiro atoms. The minimum Gasteiger partial charge on any atom is -0.492 e. The zero-order chi connectivity index (χ0) is 15.5. The maximum Gasteiger partial charge on any atom is 0.314 e. The van der Waals surface area contributed by atoms with Gasteiger partial charge in [-0.15, -0.1) is 0 Å². The summed E-state index contributed by atoms with van der Waals surface area (Å²) >= 11 is 0. The van der Waals surface area contributed by atoms with E-state index in [1.807, 2.05) is 12.1 Å². The molecule has 2 amide bonds. The Labute approximate surface area is 128 Å². The number of benzene rings is 1. The smallest absolute Gasteiger partial charge is 0.314 e. The lowest BCUT2D eigenvalue weighted by Crippen LogP contribution is -2.38. The first-order chi connectivity index (χ1) is 10.1. The molecular weight excluding hydrogens is 264 g/mol. The second kappa shape index (κ2) is 10.1. The molecular formula is C17H28N2O2. The zero-order valence-electron chi connectivity index (χ0n) is 13.4. The summed E-state index contributed by atoms with van der Waals surface area (Å²) in [7, 11) is 0. The van der Waals surface area contributed by atoms with E-state index < -0.39 is 0 Å². The fourth-order valence-corrected chi connectivity index (χ4v) is 1.92. The van der Waals surface area contributed by atoms with Crippen LogP contribution in [0, 0.1) is 0 Å². The van der Waals surface area contributed by atoms with Crippen molar-refractivity contribution in [1.82, 2.24) is 10.6 Å². The summed E-state index contributed by atoms with van der Waals surface area (Å²) in [6.07, 6.45) is 3.34. The van der Waals surface area contributed by atoms with E-state index in [1.165, 1.54) is 5.56 Å². The first-order valence-electron chi connectivity index (χ1n) is 7.88. The Kier molecular flexibility index (Phi) is 8.32. The Balaban J connectivity index is 2.12. The van der Waals surface area contributed by atoms with Crippen LogP contribution >= 0.6 is 0 Å². The summed E-state index contributed by atoms with van der Waals surface area (Å²) in [6, 6.07) is 7.98. The van der Waals surface area contributed by atoms with E-state index in [-0.39, 0.29) is 6.03 Å². The van der Waals surface area contributed by atoms with Crippen molar-refractivity contribution < 1.29 is 9.53 Å². The molecule has 0 aliphatic rings. The lowest BCUT2D eigenvalue weighted by molar-refractivity contribution is 0.236. The quantitative estimate of drug-likeness (QED) is 0.682. The summed E-state index contributed by atoms with van der Waals surface area (Å²) in [5, 5.41) is 5.61. The van der Waals surface area contributed by atoms with Crippen LogP contribution in [0.5, 0.6) is 5.75 Å². The molecule has 21 heavy (non-hydrogen) atoms. The van der Waals surface area contributed by atoms with E-state index in [1.54, 1.807) is 0 Å². The monoisotopic (exact) mass is 292 g/mol. The third-order valence-corrected chi connectivity index (χ3v) is 3.27. The van der Waals surface area contributed by atoms with Crippen molar-refractivity contribution in [2.45, 2.75) is 46.0 Å². The van der Waals surface area contributed by atoms with Crippen LogP contribution in [0.1, 0.15) is 51.5 Å². The third kappa shape index (κ3) is 7.59. The van der Waals surface area contributed by atoms with Gasteiger partial charge in [0, 0.05) is 6.54 Å². The van der Waals surface area contributed by atoms with Gasteiger partial charge in [0.25, 0.3) is 0 Å². The Hall–Kier alpha value is -1.71.